The number of aromatic nitrogens is 1. The third kappa shape index (κ3) is 6.83. The molecule has 3 nitrogen and oxygen atoms in total. The maximum atomic E-state index is 9.75. The highest BCUT2D eigenvalue weighted by molar-refractivity contribution is 6.36. The Bertz CT molecular complexity index is 2640. The predicted molar refractivity (Wildman–Crippen MR) is 230 cm³/mol. The van der Waals surface area contributed by atoms with Crippen LogP contribution < -0.4 is 5.32 Å². The van der Waals surface area contributed by atoms with Crippen molar-refractivity contribution < 1.29 is 0 Å². The number of nitrogens with zero attached hydrogens (tertiary/aromatic N) is 1. The molecule has 7 aromatic carbocycles. The predicted octanol–water partition coefficient (Wildman–Crippen LogP) is 12.8. The molecule has 3 heteroatoms. The molecule has 0 amide bonds. The molecule has 2 heterocycles. The van der Waals surface area contributed by atoms with Gasteiger partial charge in [-0.15, -0.1) is 0 Å². The molecule has 2 N–H and O–H groups in total. The molecule has 0 fully saturated rings. The fourth-order valence-corrected chi connectivity index (χ4v) is 7.40. The highest BCUT2D eigenvalue weighted by Gasteiger charge is 2.26. The largest absolute Gasteiger partial charge is 0.354 e. The van der Waals surface area contributed by atoms with Crippen molar-refractivity contribution in [2.24, 2.45) is 0 Å². The molecule has 0 atom stereocenters. The number of hydrogen-bond acceptors (Lipinski definition) is 3. The highest BCUT2D eigenvalue weighted by Crippen LogP contribution is 2.42. The smallest absolute Gasteiger partial charge is 0.0715 e. The lowest BCUT2D eigenvalue weighted by Gasteiger charge is -2.28. The summed E-state index contributed by atoms with van der Waals surface area (Å²) in [4.78, 5) is 5.13. The normalized spacial score (nSPS) is 12.9. The van der Waals surface area contributed by atoms with Crippen molar-refractivity contribution in [3.05, 3.63) is 234 Å². The summed E-state index contributed by atoms with van der Waals surface area (Å²) in [6, 6.07) is 71.2. The second-order valence-electron chi connectivity index (χ2n) is 13.6. The lowest BCUT2D eigenvalue weighted by Crippen LogP contribution is -2.21. The van der Waals surface area contributed by atoms with Gasteiger partial charge in [-0.25, -0.2) is 4.98 Å². The Morgan fingerprint density at radius 2 is 0.909 bits per heavy atom. The maximum absolute atomic E-state index is 9.75. The van der Waals surface area contributed by atoms with E-state index in [9.17, 15) is 5.41 Å². The van der Waals surface area contributed by atoms with Crippen molar-refractivity contribution in [2.45, 2.75) is 0 Å². The zero-order valence-electron chi connectivity index (χ0n) is 30.2. The fraction of sp³-hybridized carbons (Fsp3) is 0. The number of rotatable bonds is 8. The number of allylic oxidation sites excluding steroid dienone is 1. The Hall–Kier alpha value is -7.36. The minimum atomic E-state index is 0.455. The SMILES string of the molecule is N=C(/C(=C1\NC(c2ccccc2)=Cc2cccc(-c3cccc(-c4cc(-c5ccccc5)nc(-c5ccccc5)c4)c3)c21)c1ccccc1)c1ccccc1. The third-order valence-electron chi connectivity index (χ3n) is 10.1. The van der Waals surface area contributed by atoms with Crippen LogP contribution in [-0.4, -0.2) is 10.7 Å². The van der Waals surface area contributed by atoms with E-state index in [0.29, 0.717) is 5.71 Å². The first-order chi connectivity index (χ1) is 27.2. The quantitative estimate of drug-likeness (QED) is 0.155. The second kappa shape index (κ2) is 14.9. The van der Waals surface area contributed by atoms with E-state index in [1.807, 2.05) is 66.7 Å². The van der Waals surface area contributed by atoms with E-state index in [0.717, 1.165) is 89.6 Å². The van der Waals surface area contributed by atoms with E-state index in [1.54, 1.807) is 0 Å². The molecule has 0 aliphatic carbocycles. The molecule has 1 aliphatic heterocycles. The molecule has 260 valence electrons. The second-order valence-corrected chi connectivity index (χ2v) is 13.6. The lowest BCUT2D eigenvalue weighted by molar-refractivity contribution is 1.22. The molecule has 55 heavy (non-hydrogen) atoms. The minimum absolute atomic E-state index is 0.455. The zero-order valence-corrected chi connectivity index (χ0v) is 30.2. The molecular formula is C52H37N3. The summed E-state index contributed by atoms with van der Waals surface area (Å²) in [7, 11) is 0. The van der Waals surface area contributed by atoms with Gasteiger partial charge in [-0.05, 0) is 63.2 Å². The van der Waals surface area contributed by atoms with Crippen LogP contribution in [0.4, 0.5) is 0 Å². The summed E-state index contributed by atoms with van der Waals surface area (Å²) < 4.78 is 0. The summed E-state index contributed by atoms with van der Waals surface area (Å²) in [5.41, 5.74) is 16.6. The van der Waals surface area contributed by atoms with Gasteiger partial charge in [0.25, 0.3) is 0 Å². The van der Waals surface area contributed by atoms with Crippen molar-refractivity contribution in [1.82, 2.24) is 10.3 Å². The fourth-order valence-electron chi connectivity index (χ4n) is 7.40. The Morgan fingerprint density at radius 1 is 0.418 bits per heavy atom. The van der Waals surface area contributed by atoms with Crippen LogP contribution in [-0.2, 0) is 0 Å². The zero-order chi connectivity index (χ0) is 37.0. The number of pyridine rings is 1. The Balaban J connectivity index is 1.26. The molecule has 0 spiro atoms. The number of nitrogens with one attached hydrogen (secondary N) is 2. The first-order valence-corrected chi connectivity index (χ1v) is 18.5. The van der Waals surface area contributed by atoms with Gasteiger partial charge in [-0.1, -0.05) is 188 Å². The molecule has 8 aromatic rings. The summed E-state index contributed by atoms with van der Waals surface area (Å²) in [6.07, 6.45) is 2.23. The van der Waals surface area contributed by atoms with Gasteiger partial charge in [0.15, 0.2) is 0 Å². The van der Waals surface area contributed by atoms with Gasteiger partial charge in [0, 0.05) is 33.5 Å². The maximum Gasteiger partial charge on any atom is 0.0715 e. The van der Waals surface area contributed by atoms with Gasteiger partial charge in [0.2, 0.25) is 0 Å². The summed E-state index contributed by atoms with van der Waals surface area (Å²) in [5.74, 6) is 0. The molecule has 0 saturated heterocycles. The van der Waals surface area contributed by atoms with E-state index in [4.69, 9.17) is 4.98 Å². The van der Waals surface area contributed by atoms with Crippen LogP contribution in [0.2, 0.25) is 0 Å². The molecule has 0 saturated carbocycles. The molecule has 0 radical (unpaired) electrons. The van der Waals surface area contributed by atoms with Crippen LogP contribution in [0.3, 0.4) is 0 Å². The van der Waals surface area contributed by atoms with Crippen LogP contribution >= 0.6 is 0 Å². The monoisotopic (exact) mass is 703 g/mol. The Kier molecular flexibility index (Phi) is 9.09. The van der Waals surface area contributed by atoms with Crippen LogP contribution in [0, 0.1) is 5.41 Å². The van der Waals surface area contributed by atoms with Crippen LogP contribution in [0.1, 0.15) is 27.8 Å². The molecular weight excluding hydrogens is 667 g/mol. The summed E-state index contributed by atoms with van der Waals surface area (Å²) in [6.45, 7) is 0. The summed E-state index contributed by atoms with van der Waals surface area (Å²) >= 11 is 0. The van der Waals surface area contributed by atoms with Crippen LogP contribution in [0.25, 0.3) is 67.8 Å². The van der Waals surface area contributed by atoms with Crippen LogP contribution in [0.15, 0.2) is 206 Å². The van der Waals surface area contributed by atoms with Crippen molar-refractivity contribution in [2.75, 3.05) is 0 Å². The average Bonchev–Trinajstić information content (AvgIpc) is 3.27. The molecule has 1 aromatic heterocycles. The number of hydrogen-bond donors (Lipinski definition) is 2. The minimum Gasteiger partial charge on any atom is -0.354 e. The lowest BCUT2D eigenvalue weighted by atomic mass is 9.84. The van der Waals surface area contributed by atoms with E-state index < -0.39 is 0 Å². The van der Waals surface area contributed by atoms with Gasteiger partial charge in [0.1, 0.15) is 0 Å². The molecule has 9 rings (SSSR count). The third-order valence-corrected chi connectivity index (χ3v) is 10.1. The molecule has 1 aliphatic rings. The first-order valence-electron chi connectivity index (χ1n) is 18.5. The van der Waals surface area contributed by atoms with Crippen molar-refractivity contribution in [3.8, 4) is 44.8 Å². The van der Waals surface area contributed by atoms with Gasteiger partial charge >= 0.3 is 0 Å². The van der Waals surface area contributed by atoms with Crippen LogP contribution in [0.5, 0.6) is 0 Å². The van der Waals surface area contributed by atoms with Gasteiger partial charge in [-0.3, -0.25) is 5.41 Å². The molecule has 0 unspecified atom stereocenters. The highest BCUT2D eigenvalue weighted by atomic mass is 14.9. The summed E-state index contributed by atoms with van der Waals surface area (Å²) in [5, 5.41) is 13.6. The van der Waals surface area contributed by atoms with Gasteiger partial charge < -0.3 is 5.32 Å². The van der Waals surface area contributed by atoms with E-state index in [-0.39, 0.29) is 0 Å². The van der Waals surface area contributed by atoms with Crippen molar-refractivity contribution >= 4 is 28.8 Å². The Labute approximate surface area is 322 Å². The average molecular weight is 704 g/mol. The van der Waals surface area contributed by atoms with Gasteiger partial charge in [-0.2, -0.15) is 0 Å². The van der Waals surface area contributed by atoms with E-state index in [1.165, 1.54) is 0 Å². The number of fused-ring (bicyclic) bond motifs is 1. The topological polar surface area (TPSA) is 48.8 Å². The van der Waals surface area contributed by atoms with Gasteiger partial charge in [0.05, 0.1) is 22.8 Å². The Morgan fingerprint density at radius 3 is 1.51 bits per heavy atom. The van der Waals surface area contributed by atoms with Crippen molar-refractivity contribution in [3.63, 3.8) is 0 Å². The van der Waals surface area contributed by atoms with Crippen molar-refractivity contribution in [1.29, 1.82) is 5.41 Å². The number of benzene rings is 7. The first kappa shape index (κ1) is 33.5. The standard InChI is InChI=1S/C52H37N3/c53-51(40-26-14-5-15-27-40)50(39-24-12-4-13-25-39)52-49-43(33-48(55-52)38-22-10-3-11-23-38)30-17-31-45(49)42-29-16-28-41(32-42)44-34-46(36-18-6-1-7-19-36)54-47(35-44)37-20-8-2-9-21-37/h1-35,53,55H/b52-50-,53-51?. The van der Waals surface area contributed by atoms with E-state index in [2.05, 4.69) is 151 Å². The molecule has 0 bridgehead atoms. The van der Waals surface area contributed by atoms with E-state index >= 15 is 0 Å².